The summed E-state index contributed by atoms with van der Waals surface area (Å²) in [7, 11) is 1.58. The molecule has 0 fully saturated rings. The Morgan fingerprint density at radius 1 is 1.20 bits per heavy atom. The SMILES string of the molecule is COc1ccc(NC(=O)C2(C)Oc3ccc(C)cc3NC2=O)c(C)c1. The van der Waals surface area contributed by atoms with Crippen molar-refractivity contribution in [3.05, 3.63) is 47.5 Å². The first-order chi connectivity index (χ1) is 11.8. The number of methoxy groups -OCH3 is 1. The van der Waals surface area contributed by atoms with Gasteiger partial charge in [0.25, 0.3) is 17.4 Å². The molecule has 3 rings (SSSR count). The molecule has 2 aromatic rings. The maximum atomic E-state index is 12.8. The molecule has 130 valence electrons. The zero-order chi connectivity index (χ0) is 18.2. The van der Waals surface area contributed by atoms with Crippen LogP contribution in [0, 0.1) is 13.8 Å². The second-order valence-electron chi connectivity index (χ2n) is 6.22. The summed E-state index contributed by atoms with van der Waals surface area (Å²) in [6, 6.07) is 10.7. The number of hydrogen-bond acceptors (Lipinski definition) is 4. The van der Waals surface area contributed by atoms with Crippen LogP contribution < -0.4 is 20.1 Å². The Morgan fingerprint density at radius 3 is 2.64 bits per heavy atom. The third-order valence-electron chi connectivity index (χ3n) is 4.25. The number of amides is 2. The monoisotopic (exact) mass is 340 g/mol. The predicted molar refractivity (Wildman–Crippen MR) is 95.2 cm³/mol. The van der Waals surface area contributed by atoms with Gasteiger partial charge < -0.3 is 20.1 Å². The molecule has 0 saturated heterocycles. The number of benzene rings is 2. The summed E-state index contributed by atoms with van der Waals surface area (Å²) in [5, 5.41) is 5.51. The minimum absolute atomic E-state index is 0.467. The number of carbonyl (C=O) groups excluding carboxylic acids is 2. The van der Waals surface area contributed by atoms with E-state index >= 15 is 0 Å². The topological polar surface area (TPSA) is 76.7 Å². The van der Waals surface area contributed by atoms with Gasteiger partial charge in [0.15, 0.2) is 0 Å². The minimum atomic E-state index is -1.66. The molecule has 6 nitrogen and oxygen atoms in total. The molecular weight excluding hydrogens is 320 g/mol. The fourth-order valence-corrected chi connectivity index (χ4v) is 2.63. The maximum Gasteiger partial charge on any atom is 0.278 e. The summed E-state index contributed by atoms with van der Waals surface area (Å²) in [5.74, 6) is 0.116. The molecule has 1 aliphatic heterocycles. The Morgan fingerprint density at radius 2 is 1.96 bits per heavy atom. The van der Waals surface area contributed by atoms with E-state index in [-0.39, 0.29) is 0 Å². The highest BCUT2D eigenvalue weighted by Crippen LogP contribution is 2.35. The molecule has 0 aliphatic carbocycles. The average molecular weight is 340 g/mol. The number of rotatable bonds is 3. The number of carbonyl (C=O) groups is 2. The molecule has 2 N–H and O–H groups in total. The van der Waals surface area contributed by atoms with Gasteiger partial charge in [0.1, 0.15) is 11.5 Å². The number of hydrogen-bond donors (Lipinski definition) is 2. The third-order valence-corrected chi connectivity index (χ3v) is 4.25. The molecule has 0 aromatic heterocycles. The average Bonchev–Trinajstić information content (AvgIpc) is 2.58. The van der Waals surface area contributed by atoms with Crippen molar-refractivity contribution < 1.29 is 19.1 Å². The van der Waals surface area contributed by atoms with Crippen LogP contribution in [-0.4, -0.2) is 24.5 Å². The number of anilines is 2. The molecule has 1 atom stereocenters. The Hall–Kier alpha value is -3.02. The highest BCUT2D eigenvalue weighted by Gasteiger charge is 2.47. The number of fused-ring (bicyclic) bond motifs is 1. The van der Waals surface area contributed by atoms with E-state index in [1.54, 1.807) is 37.4 Å². The van der Waals surface area contributed by atoms with Crippen molar-refractivity contribution in [2.24, 2.45) is 0 Å². The minimum Gasteiger partial charge on any atom is -0.497 e. The van der Waals surface area contributed by atoms with Crippen LogP contribution in [-0.2, 0) is 9.59 Å². The molecule has 1 unspecified atom stereocenters. The predicted octanol–water partition coefficient (Wildman–Crippen LogP) is 3.04. The summed E-state index contributed by atoms with van der Waals surface area (Å²) < 4.78 is 10.9. The standard InChI is InChI=1S/C19H20N2O4/c1-11-5-8-16-15(9-11)21-18(23)19(3,25-16)17(22)20-14-7-6-13(24-4)10-12(14)2/h5-10H,1-4H3,(H,20,22)(H,21,23). The van der Waals surface area contributed by atoms with Crippen LogP contribution in [0.3, 0.4) is 0 Å². The largest absolute Gasteiger partial charge is 0.497 e. The van der Waals surface area contributed by atoms with Crippen molar-refractivity contribution in [2.75, 3.05) is 17.7 Å². The molecule has 0 bridgehead atoms. The van der Waals surface area contributed by atoms with Gasteiger partial charge in [-0.25, -0.2) is 0 Å². The van der Waals surface area contributed by atoms with Crippen molar-refractivity contribution in [2.45, 2.75) is 26.4 Å². The van der Waals surface area contributed by atoms with Crippen molar-refractivity contribution >= 4 is 23.2 Å². The first-order valence-electron chi connectivity index (χ1n) is 7.90. The fraction of sp³-hybridized carbons (Fsp3) is 0.263. The molecular formula is C19H20N2O4. The summed E-state index contributed by atoms with van der Waals surface area (Å²) in [6.45, 7) is 5.22. The molecule has 0 saturated carbocycles. The molecule has 0 radical (unpaired) electrons. The number of nitrogens with one attached hydrogen (secondary N) is 2. The zero-order valence-electron chi connectivity index (χ0n) is 14.6. The molecule has 2 aromatic carbocycles. The molecule has 1 aliphatic rings. The molecule has 2 amide bonds. The quantitative estimate of drug-likeness (QED) is 0.842. The summed E-state index contributed by atoms with van der Waals surface area (Å²) >= 11 is 0. The van der Waals surface area contributed by atoms with Gasteiger partial charge >= 0.3 is 0 Å². The Bertz CT molecular complexity index is 862. The smallest absolute Gasteiger partial charge is 0.278 e. The van der Waals surface area contributed by atoms with Gasteiger partial charge in [0.05, 0.1) is 12.8 Å². The third kappa shape index (κ3) is 3.03. The van der Waals surface area contributed by atoms with Gasteiger partial charge in [0, 0.05) is 5.69 Å². The lowest BCUT2D eigenvalue weighted by Gasteiger charge is -2.33. The maximum absolute atomic E-state index is 12.8. The van der Waals surface area contributed by atoms with Crippen LogP contribution in [0.4, 0.5) is 11.4 Å². The second kappa shape index (κ2) is 6.12. The van der Waals surface area contributed by atoms with E-state index in [2.05, 4.69) is 10.6 Å². The van der Waals surface area contributed by atoms with Crippen LogP contribution in [0.15, 0.2) is 36.4 Å². The van der Waals surface area contributed by atoms with Crippen LogP contribution in [0.5, 0.6) is 11.5 Å². The van der Waals surface area contributed by atoms with E-state index in [0.717, 1.165) is 11.1 Å². The Labute approximate surface area is 146 Å². The van der Waals surface area contributed by atoms with E-state index < -0.39 is 17.4 Å². The highest BCUT2D eigenvalue weighted by molar-refractivity contribution is 6.19. The van der Waals surface area contributed by atoms with Crippen LogP contribution in [0.25, 0.3) is 0 Å². The van der Waals surface area contributed by atoms with Crippen LogP contribution in [0.1, 0.15) is 18.1 Å². The molecule has 0 spiro atoms. The normalized spacial score (nSPS) is 18.6. The van der Waals surface area contributed by atoms with E-state index in [1.165, 1.54) is 6.92 Å². The van der Waals surface area contributed by atoms with Gasteiger partial charge in [-0.3, -0.25) is 9.59 Å². The van der Waals surface area contributed by atoms with E-state index in [1.807, 2.05) is 19.9 Å². The van der Waals surface area contributed by atoms with Crippen molar-refractivity contribution in [1.82, 2.24) is 0 Å². The first-order valence-corrected chi connectivity index (χ1v) is 7.90. The molecule has 1 heterocycles. The van der Waals surface area contributed by atoms with E-state index in [4.69, 9.17) is 9.47 Å². The molecule has 25 heavy (non-hydrogen) atoms. The van der Waals surface area contributed by atoms with E-state index in [9.17, 15) is 9.59 Å². The van der Waals surface area contributed by atoms with Gasteiger partial charge in [0.2, 0.25) is 0 Å². The van der Waals surface area contributed by atoms with Gasteiger partial charge in [-0.1, -0.05) is 6.07 Å². The highest BCUT2D eigenvalue weighted by atomic mass is 16.5. The fourth-order valence-electron chi connectivity index (χ4n) is 2.63. The summed E-state index contributed by atoms with van der Waals surface area (Å²) in [6.07, 6.45) is 0. The van der Waals surface area contributed by atoms with E-state index in [0.29, 0.717) is 22.9 Å². The second-order valence-corrected chi connectivity index (χ2v) is 6.22. The van der Waals surface area contributed by atoms with Crippen LogP contribution >= 0.6 is 0 Å². The van der Waals surface area contributed by atoms with Crippen molar-refractivity contribution in [3.63, 3.8) is 0 Å². The Kier molecular flexibility index (Phi) is 4.12. The number of aryl methyl sites for hydroxylation is 2. The first kappa shape index (κ1) is 16.8. The summed E-state index contributed by atoms with van der Waals surface area (Å²) in [5.41, 5.74) is 1.32. The van der Waals surface area contributed by atoms with Gasteiger partial charge in [-0.05, 0) is 62.2 Å². The van der Waals surface area contributed by atoms with Gasteiger partial charge in [-0.15, -0.1) is 0 Å². The van der Waals surface area contributed by atoms with Crippen molar-refractivity contribution in [3.8, 4) is 11.5 Å². The zero-order valence-corrected chi connectivity index (χ0v) is 14.6. The lowest BCUT2D eigenvalue weighted by molar-refractivity contribution is -0.143. The van der Waals surface area contributed by atoms with Gasteiger partial charge in [-0.2, -0.15) is 0 Å². The number of ether oxygens (including phenoxy) is 2. The molecule has 6 heteroatoms. The lowest BCUT2D eigenvalue weighted by atomic mass is 10.0. The lowest BCUT2D eigenvalue weighted by Crippen LogP contribution is -2.56. The van der Waals surface area contributed by atoms with Crippen LogP contribution in [0.2, 0.25) is 0 Å². The Balaban J connectivity index is 1.86. The summed E-state index contributed by atoms with van der Waals surface area (Å²) in [4.78, 5) is 25.2. The van der Waals surface area contributed by atoms with Crippen molar-refractivity contribution in [1.29, 1.82) is 0 Å².